The number of nitrogens with zero attached hydrogens (tertiary/aromatic N) is 3. The molecule has 3 N–H and O–H groups in total. The van der Waals surface area contributed by atoms with Crippen LogP contribution >= 0.6 is 0 Å². The molecule has 1 rings (SSSR count). The van der Waals surface area contributed by atoms with Crippen LogP contribution < -0.4 is 11.1 Å². The molecule has 1 heterocycles. The highest BCUT2D eigenvalue weighted by molar-refractivity contribution is 5.79. The van der Waals surface area contributed by atoms with E-state index in [0.717, 1.165) is 0 Å². The van der Waals surface area contributed by atoms with Crippen molar-refractivity contribution in [2.75, 3.05) is 12.8 Å². The fraction of sp³-hybridized carbons (Fsp3) is 0.500. The molecule has 0 bridgehead atoms. The average molecular weight is 169 g/mol. The number of likely N-dealkylation sites (N-methyl/N-ethyl adjacent to an activating group) is 1. The minimum Gasteiger partial charge on any atom is -0.381 e. The molecule has 0 aromatic carbocycles. The minimum atomic E-state index is -0.424. The fourth-order valence-corrected chi connectivity index (χ4v) is 0.789. The van der Waals surface area contributed by atoms with Gasteiger partial charge in [0.2, 0.25) is 5.91 Å². The molecule has 1 atom stereocenters. The monoisotopic (exact) mass is 169 g/mol. The van der Waals surface area contributed by atoms with E-state index in [4.69, 9.17) is 5.73 Å². The van der Waals surface area contributed by atoms with Crippen molar-refractivity contribution in [3.63, 3.8) is 0 Å². The van der Waals surface area contributed by atoms with Gasteiger partial charge in [-0.1, -0.05) is 0 Å². The summed E-state index contributed by atoms with van der Waals surface area (Å²) in [5.41, 5.74) is 5.33. The first-order valence-corrected chi connectivity index (χ1v) is 3.54. The van der Waals surface area contributed by atoms with E-state index in [1.165, 1.54) is 11.0 Å². The predicted molar refractivity (Wildman–Crippen MR) is 43.2 cm³/mol. The number of amides is 1. The fourth-order valence-electron chi connectivity index (χ4n) is 0.789. The molecule has 1 aromatic rings. The van der Waals surface area contributed by atoms with E-state index in [2.05, 4.69) is 15.5 Å². The lowest BCUT2D eigenvalue weighted by molar-refractivity contribution is -0.123. The Bertz CT molecular complexity index is 281. The number of carbonyl (C=O) groups excluding carboxylic acids is 1. The zero-order chi connectivity index (χ0) is 9.14. The first-order valence-electron chi connectivity index (χ1n) is 3.54. The summed E-state index contributed by atoms with van der Waals surface area (Å²) in [5.74, 6) is 0.163. The Labute approximate surface area is 69.7 Å². The zero-order valence-electron chi connectivity index (χ0n) is 6.98. The van der Waals surface area contributed by atoms with Crippen LogP contribution in [0.2, 0.25) is 0 Å². The molecule has 0 aliphatic heterocycles. The quantitative estimate of drug-likeness (QED) is 0.605. The van der Waals surface area contributed by atoms with Crippen LogP contribution in [0.3, 0.4) is 0 Å². The number of nitrogens with two attached hydrogens (primary N) is 1. The number of hydrogen-bond acceptors (Lipinski definition) is 4. The van der Waals surface area contributed by atoms with Gasteiger partial charge in [-0.15, -0.1) is 5.10 Å². The van der Waals surface area contributed by atoms with Crippen molar-refractivity contribution in [1.82, 2.24) is 20.3 Å². The summed E-state index contributed by atoms with van der Waals surface area (Å²) in [6, 6.07) is -0.424. The molecular weight excluding hydrogens is 158 g/mol. The van der Waals surface area contributed by atoms with Gasteiger partial charge in [0, 0.05) is 7.05 Å². The molecular formula is C6H11N5O. The second-order valence-electron chi connectivity index (χ2n) is 2.38. The number of rotatable bonds is 2. The third kappa shape index (κ3) is 1.52. The highest BCUT2D eigenvalue weighted by Crippen LogP contribution is 2.02. The molecule has 0 saturated carbocycles. The number of aromatic nitrogens is 3. The summed E-state index contributed by atoms with van der Waals surface area (Å²) in [6.45, 7) is 1.69. The molecule has 0 radical (unpaired) electrons. The van der Waals surface area contributed by atoms with E-state index in [1.807, 2.05) is 0 Å². The van der Waals surface area contributed by atoms with Gasteiger partial charge in [-0.05, 0) is 6.92 Å². The van der Waals surface area contributed by atoms with Crippen molar-refractivity contribution in [2.45, 2.75) is 13.0 Å². The van der Waals surface area contributed by atoms with Crippen molar-refractivity contribution in [3.05, 3.63) is 6.20 Å². The maximum Gasteiger partial charge on any atom is 0.246 e. The Morgan fingerprint density at radius 3 is 2.92 bits per heavy atom. The number of anilines is 1. The summed E-state index contributed by atoms with van der Waals surface area (Å²) in [6.07, 6.45) is 1.40. The van der Waals surface area contributed by atoms with Crippen molar-refractivity contribution in [1.29, 1.82) is 0 Å². The first-order chi connectivity index (χ1) is 5.65. The molecule has 1 unspecified atom stereocenters. The predicted octanol–water partition coefficient (Wildman–Crippen LogP) is -0.833. The number of hydrogen-bond donors (Lipinski definition) is 2. The van der Waals surface area contributed by atoms with E-state index >= 15 is 0 Å². The maximum atomic E-state index is 11.1. The molecule has 66 valence electrons. The van der Waals surface area contributed by atoms with Gasteiger partial charge in [-0.25, -0.2) is 0 Å². The second-order valence-corrected chi connectivity index (χ2v) is 2.38. The molecule has 0 aliphatic carbocycles. The summed E-state index contributed by atoms with van der Waals surface area (Å²) in [4.78, 5) is 12.3. The van der Waals surface area contributed by atoms with Gasteiger partial charge in [-0.3, -0.25) is 4.79 Å². The molecule has 6 nitrogen and oxygen atoms in total. The summed E-state index contributed by atoms with van der Waals surface area (Å²) < 4.78 is 0. The Hall–Kier alpha value is -1.59. The third-order valence-electron chi connectivity index (χ3n) is 1.50. The number of nitrogen functional groups attached to an aromatic ring is 1. The van der Waals surface area contributed by atoms with Crippen LogP contribution in [-0.2, 0) is 4.79 Å². The van der Waals surface area contributed by atoms with Gasteiger partial charge in [0.05, 0.1) is 6.20 Å². The molecule has 0 aliphatic rings. The Kier molecular flexibility index (Phi) is 2.27. The van der Waals surface area contributed by atoms with Gasteiger partial charge in [0.1, 0.15) is 6.04 Å². The topological polar surface area (TPSA) is 85.8 Å². The summed E-state index contributed by atoms with van der Waals surface area (Å²) >= 11 is 0. The normalized spacial score (nSPS) is 12.5. The zero-order valence-corrected chi connectivity index (χ0v) is 6.98. The van der Waals surface area contributed by atoms with Crippen LogP contribution in [0.1, 0.15) is 13.0 Å². The Balaban J connectivity index is 2.77. The SMILES string of the molecule is CNC(=O)C(C)n1ncc(N)n1. The molecule has 1 aromatic heterocycles. The van der Waals surface area contributed by atoms with Gasteiger partial charge < -0.3 is 11.1 Å². The van der Waals surface area contributed by atoms with Crippen LogP contribution in [0.5, 0.6) is 0 Å². The smallest absolute Gasteiger partial charge is 0.246 e. The van der Waals surface area contributed by atoms with Crippen LogP contribution in [0.15, 0.2) is 6.20 Å². The highest BCUT2D eigenvalue weighted by Gasteiger charge is 2.14. The van der Waals surface area contributed by atoms with Crippen LogP contribution in [0.4, 0.5) is 5.82 Å². The van der Waals surface area contributed by atoms with Crippen molar-refractivity contribution in [3.8, 4) is 0 Å². The summed E-state index contributed by atoms with van der Waals surface area (Å²) in [7, 11) is 1.56. The van der Waals surface area contributed by atoms with Gasteiger partial charge in [0.15, 0.2) is 5.82 Å². The lowest BCUT2D eigenvalue weighted by atomic mass is 10.3. The first kappa shape index (κ1) is 8.51. The second kappa shape index (κ2) is 3.21. The lowest BCUT2D eigenvalue weighted by Gasteiger charge is -2.07. The van der Waals surface area contributed by atoms with Crippen molar-refractivity contribution >= 4 is 11.7 Å². The van der Waals surface area contributed by atoms with E-state index in [0.29, 0.717) is 5.82 Å². The molecule has 0 saturated heterocycles. The Morgan fingerprint density at radius 2 is 2.50 bits per heavy atom. The molecule has 12 heavy (non-hydrogen) atoms. The maximum absolute atomic E-state index is 11.1. The van der Waals surface area contributed by atoms with Gasteiger partial charge in [0.25, 0.3) is 0 Å². The number of nitrogens with one attached hydrogen (secondary N) is 1. The van der Waals surface area contributed by atoms with E-state index in [-0.39, 0.29) is 5.91 Å². The van der Waals surface area contributed by atoms with Crippen molar-refractivity contribution < 1.29 is 4.79 Å². The molecule has 6 heteroatoms. The molecule has 0 fully saturated rings. The minimum absolute atomic E-state index is 0.148. The average Bonchev–Trinajstić information content (AvgIpc) is 2.49. The summed E-state index contributed by atoms with van der Waals surface area (Å²) in [5, 5.41) is 10.1. The molecule has 0 spiro atoms. The standard InChI is InChI=1S/C6H11N5O/c1-4(6(12)8-2)11-9-3-5(7)10-11/h3-4H,1-2H3,(H2,7,10)(H,8,12). The lowest BCUT2D eigenvalue weighted by Crippen LogP contribution is -2.29. The van der Waals surface area contributed by atoms with E-state index in [1.54, 1.807) is 14.0 Å². The van der Waals surface area contributed by atoms with E-state index in [9.17, 15) is 4.79 Å². The third-order valence-corrected chi connectivity index (χ3v) is 1.50. The Morgan fingerprint density at radius 1 is 1.83 bits per heavy atom. The van der Waals surface area contributed by atoms with Gasteiger partial charge in [-0.2, -0.15) is 9.90 Å². The number of carbonyl (C=O) groups is 1. The van der Waals surface area contributed by atoms with Crippen LogP contribution in [0.25, 0.3) is 0 Å². The van der Waals surface area contributed by atoms with E-state index < -0.39 is 6.04 Å². The van der Waals surface area contributed by atoms with Crippen molar-refractivity contribution in [2.24, 2.45) is 0 Å². The van der Waals surface area contributed by atoms with Crippen LogP contribution in [0, 0.1) is 0 Å². The largest absolute Gasteiger partial charge is 0.381 e. The van der Waals surface area contributed by atoms with Crippen LogP contribution in [-0.4, -0.2) is 27.9 Å². The highest BCUT2D eigenvalue weighted by atomic mass is 16.2. The van der Waals surface area contributed by atoms with Gasteiger partial charge >= 0.3 is 0 Å². The molecule has 1 amide bonds.